The van der Waals surface area contributed by atoms with E-state index < -0.39 is 0 Å². The van der Waals surface area contributed by atoms with Crippen LogP contribution in [0.15, 0.2) is 30.5 Å². The minimum Gasteiger partial charge on any atom is -0.389 e. The molecule has 0 atom stereocenters. The van der Waals surface area contributed by atoms with Crippen molar-refractivity contribution in [3.63, 3.8) is 0 Å². The average Bonchev–Trinajstić information content (AvgIpc) is 2.34. The smallest absolute Gasteiger partial charge is 0.107 e. The first kappa shape index (κ1) is 13.7. The summed E-state index contributed by atoms with van der Waals surface area (Å²) < 4.78 is 0. The van der Waals surface area contributed by atoms with Crippen molar-refractivity contribution >= 4 is 33.8 Å². The molecule has 19 heavy (non-hydrogen) atoms. The maximum atomic E-state index is 5.80. The van der Waals surface area contributed by atoms with Crippen LogP contribution in [0.2, 0.25) is 0 Å². The van der Waals surface area contributed by atoms with Crippen molar-refractivity contribution in [1.29, 1.82) is 0 Å². The van der Waals surface area contributed by atoms with Gasteiger partial charge in [-0.05, 0) is 11.5 Å². The molecule has 0 bridgehead atoms. The van der Waals surface area contributed by atoms with Crippen LogP contribution in [-0.2, 0) is 0 Å². The molecule has 0 aliphatic carbocycles. The van der Waals surface area contributed by atoms with E-state index in [2.05, 4.69) is 31.1 Å². The summed E-state index contributed by atoms with van der Waals surface area (Å²) in [6.07, 6.45) is 1.75. The first-order valence-corrected chi connectivity index (χ1v) is 6.71. The maximum absolute atomic E-state index is 5.80. The molecule has 0 aliphatic rings. The molecule has 2 rings (SSSR count). The molecule has 0 fully saturated rings. The van der Waals surface area contributed by atoms with Gasteiger partial charge in [0, 0.05) is 18.1 Å². The molecule has 2 aromatic rings. The van der Waals surface area contributed by atoms with Gasteiger partial charge in [-0.25, -0.2) is 0 Å². The second kappa shape index (κ2) is 5.13. The van der Waals surface area contributed by atoms with E-state index in [-0.39, 0.29) is 5.41 Å². The summed E-state index contributed by atoms with van der Waals surface area (Å²) in [5, 5.41) is 4.52. The van der Waals surface area contributed by atoms with Crippen LogP contribution < -0.4 is 11.1 Å². The van der Waals surface area contributed by atoms with Crippen LogP contribution >= 0.6 is 12.2 Å². The number of benzene rings is 1. The number of hydrogen-bond acceptors (Lipinski definition) is 3. The first-order valence-electron chi connectivity index (χ1n) is 6.30. The number of thiocarbonyl (C=S) groups is 1. The molecular weight excluding hydrogens is 254 g/mol. The Morgan fingerprint density at radius 3 is 2.63 bits per heavy atom. The number of anilines is 1. The van der Waals surface area contributed by atoms with Gasteiger partial charge in [0.05, 0.1) is 16.8 Å². The average molecular weight is 273 g/mol. The first-order chi connectivity index (χ1) is 8.88. The second-order valence-electron chi connectivity index (χ2n) is 5.84. The summed E-state index contributed by atoms with van der Waals surface area (Å²) in [4.78, 5) is 4.77. The molecule has 0 radical (unpaired) electrons. The quantitative estimate of drug-likeness (QED) is 0.842. The largest absolute Gasteiger partial charge is 0.389 e. The van der Waals surface area contributed by atoms with Crippen LogP contribution in [0.4, 0.5) is 5.69 Å². The summed E-state index contributed by atoms with van der Waals surface area (Å²) in [7, 11) is 0. The molecule has 4 heteroatoms. The van der Waals surface area contributed by atoms with E-state index in [1.807, 2.05) is 24.3 Å². The molecule has 0 aliphatic heterocycles. The van der Waals surface area contributed by atoms with Crippen LogP contribution in [0.1, 0.15) is 26.3 Å². The molecule has 3 N–H and O–H groups in total. The third-order valence-electron chi connectivity index (χ3n) is 2.84. The van der Waals surface area contributed by atoms with Crippen molar-refractivity contribution in [2.75, 3.05) is 11.9 Å². The van der Waals surface area contributed by atoms with Crippen LogP contribution in [0.3, 0.4) is 0 Å². The number of aromatic nitrogens is 1. The van der Waals surface area contributed by atoms with Gasteiger partial charge in [0.2, 0.25) is 0 Å². The number of rotatable bonds is 3. The highest BCUT2D eigenvalue weighted by Crippen LogP contribution is 2.27. The van der Waals surface area contributed by atoms with Crippen molar-refractivity contribution in [1.82, 2.24) is 4.98 Å². The zero-order valence-corrected chi connectivity index (χ0v) is 12.3. The minimum atomic E-state index is 0.178. The van der Waals surface area contributed by atoms with Crippen LogP contribution in [0.25, 0.3) is 10.9 Å². The van der Waals surface area contributed by atoms with Gasteiger partial charge in [0.15, 0.2) is 0 Å². The summed E-state index contributed by atoms with van der Waals surface area (Å²) >= 11 is 5.12. The Hall–Kier alpha value is -1.68. The molecule has 1 aromatic carbocycles. The Balaban J connectivity index is 2.53. The van der Waals surface area contributed by atoms with E-state index in [0.29, 0.717) is 4.99 Å². The lowest BCUT2D eigenvalue weighted by atomic mass is 9.96. The van der Waals surface area contributed by atoms with Gasteiger partial charge >= 0.3 is 0 Å². The Labute approximate surface area is 119 Å². The normalized spacial score (nSPS) is 11.5. The van der Waals surface area contributed by atoms with Gasteiger partial charge in [0.25, 0.3) is 0 Å². The third-order valence-corrected chi connectivity index (χ3v) is 3.06. The fourth-order valence-electron chi connectivity index (χ4n) is 1.87. The van der Waals surface area contributed by atoms with Gasteiger partial charge in [-0.15, -0.1) is 0 Å². The fraction of sp³-hybridized carbons (Fsp3) is 0.333. The van der Waals surface area contributed by atoms with Crippen molar-refractivity contribution in [3.8, 4) is 0 Å². The van der Waals surface area contributed by atoms with Crippen LogP contribution in [0.5, 0.6) is 0 Å². The van der Waals surface area contributed by atoms with Gasteiger partial charge in [-0.1, -0.05) is 51.2 Å². The topological polar surface area (TPSA) is 50.9 Å². The third kappa shape index (κ3) is 3.20. The summed E-state index contributed by atoms with van der Waals surface area (Å²) in [6.45, 7) is 7.40. The van der Waals surface area contributed by atoms with Gasteiger partial charge in [0.1, 0.15) is 4.99 Å². The second-order valence-corrected chi connectivity index (χ2v) is 6.28. The van der Waals surface area contributed by atoms with Gasteiger partial charge in [-0.3, -0.25) is 4.98 Å². The standard InChI is InChI=1S/C15H19N3S/c1-15(2,3)9-18-13-10-6-4-5-7-12(10)17-8-11(13)14(16)19/h4-8H,9H2,1-3H3,(H2,16,19)(H,17,18). The molecule has 1 heterocycles. The Morgan fingerprint density at radius 2 is 2.00 bits per heavy atom. The van der Waals surface area contributed by atoms with E-state index in [0.717, 1.165) is 28.7 Å². The number of hydrogen-bond donors (Lipinski definition) is 2. The Morgan fingerprint density at radius 1 is 1.32 bits per heavy atom. The molecule has 0 saturated carbocycles. The molecule has 1 aromatic heterocycles. The Kier molecular flexibility index (Phi) is 3.71. The molecule has 100 valence electrons. The van der Waals surface area contributed by atoms with E-state index >= 15 is 0 Å². The summed E-state index contributed by atoms with van der Waals surface area (Å²) in [6, 6.07) is 8.00. The lowest BCUT2D eigenvalue weighted by Gasteiger charge is -2.22. The van der Waals surface area contributed by atoms with Crippen molar-refractivity contribution in [3.05, 3.63) is 36.0 Å². The molecule has 0 amide bonds. The van der Waals surface area contributed by atoms with E-state index in [9.17, 15) is 0 Å². The van der Waals surface area contributed by atoms with Gasteiger partial charge < -0.3 is 11.1 Å². The number of pyridine rings is 1. The number of nitrogens with one attached hydrogen (secondary N) is 1. The van der Waals surface area contributed by atoms with E-state index in [1.54, 1.807) is 6.20 Å². The number of nitrogens with zero attached hydrogens (tertiary/aromatic N) is 1. The van der Waals surface area contributed by atoms with Crippen LogP contribution in [0, 0.1) is 5.41 Å². The van der Waals surface area contributed by atoms with Crippen molar-refractivity contribution < 1.29 is 0 Å². The lowest BCUT2D eigenvalue weighted by Crippen LogP contribution is -2.22. The zero-order chi connectivity index (χ0) is 14.0. The molecular formula is C15H19N3S. The maximum Gasteiger partial charge on any atom is 0.107 e. The number of nitrogens with two attached hydrogens (primary N) is 1. The molecule has 3 nitrogen and oxygen atoms in total. The molecule has 0 unspecified atom stereocenters. The molecule has 0 saturated heterocycles. The number of fused-ring (bicyclic) bond motifs is 1. The summed E-state index contributed by atoms with van der Waals surface area (Å²) in [5.74, 6) is 0. The van der Waals surface area contributed by atoms with Gasteiger partial charge in [-0.2, -0.15) is 0 Å². The zero-order valence-electron chi connectivity index (χ0n) is 11.5. The minimum absolute atomic E-state index is 0.178. The van der Waals surface area contributed by atoms with E-state index in [4.69, 9.17) is 18.0 Å². The molecule has 0 spiro atoms. The predicted octanol–water partition coefficient (Wildman–Crippen LogP) is 3.33. The summed E-state index contributed by atoms with van der Waals surface area (Å²) in [5.41, 5.74) is 8.70. The highest BCUT2D eigenvalue weighted by atomic mass is 32.1. The Bertz CT molecular complexity index is 614. The van der Waals surface area contributed by atoms with Crippen molar-refractivity contribution in [2.45, 2.75) is 20.8 Å². The lowest BCUT2D eigenvalue weighted by molar-refractivity contribution is 0.443. The predicted molar refractivity (Wildman–Crippen MR) is 85.6 cm³/mol. The number of para-hydroxylation sites is 1. The van der Waals surface area contributed by atoms with E-state index in [1.165, 1.54) is 0 Å². The highest BCUT2D eigenvalue weighted by Gasteiger charge is 2.14. The fourth-order valence-corrected chi connectivity index (χ4v) is 2.03. The van der Waals surface area contributed by atoms with Crippen molar-refractivity contribution in [2.24, 2.45) is 11.1 Å². The monoisotopic (exact) mass is 273 g/mol. The van der Waals surface area contributed by atoms with Crippen LogP contribution in [-0.4, -0.2) is 16.5 Å². The SMILES string of the molecule is CC(C)(C)CNc1c(C(N)=S)cnc2ccccc12. The highest BCUT2D eigenvalue weighted by molar-refractivity contribution is 7.80.